The van der Waals surface area contributed by atoms with Crippen molar-refractivity contribution < 1.29 is 14.6 Å². The minimum Gasteiger partial charge on any atom is -0.484 e. The summed E-state index contributed by atoms with van der Waals surface area (Å²) >= 11 is 0. The Balaban J connectivity index is 1.79. The number of likely N-dealkylation sites (tertiary alicyclic amines) is 1. The van der Waals surface area contributed by atoms with Crippen LogP contribution in [0.25, 0.3) is 0 Å². The number of ether oxygens (including phenoxy) is 1. The number of hydrogen-bond donors (Lipinski definition) is 1. The Kier molecular flexibility index (Phi) is 3.10. The molecule has 0 atom stereocenters. The predicted molar refractivity (Wildman–Crippen MR) is 59.3 cm³/mol. The minimum absolute atomic E-state index is 0.0375. The SMILES string of the molecule is Cc1ccc(OCC(=O)N2CC(O)C2)cc1. The van der Waals surface area contributed by atoms with Crippen molar-refractivity contribution in [3.63, 3.8) is 0 Å². The molecule has 0 bridgehead atoms. The predicted octanol–water partition coefficient (Wildman–Crippen LogP) is 0.577. The van der Waals surface area contributed by atoms with E-state index in [1.54, 1.807) is 4.90 Å². The van der Waals surface area contributed by atoms with Gasteiger partial charge in [-0.25, -0.2) is 0 Å². The van der Waals surface area contributed by atoms with Crippen LogP contribution in [0.3, 0.4) is 0 Å². The molecule has 1 N–H and O–H groups in total. The Bertz CT molecular complexity index is 368. The molecule has 1 heterocycles. The number of aliphatic hydroxyl groups is 1. The van der Waals surface area contributed by atoms with Gasteiger partial charge in [0.15, 0.2) is 6.61 Å². The second kappa shape index (κ2) is 4.53. The van der Waals surface area contributed by atoms with E-state index in [1.807, 2.05) is 31.2 Å². The largest absolute Gasteiger partial charge is 0.484 e. The molecule has 0 saturated carbocycles. The lowest BCUT2D eigenvalue weighted by Gasteiger charge is -2.35. The number of rotatable bonds is 3. The molecule has 16 heavy (non-hydrogen) atoms. The van der Waals surface area contributed by atoms with E-state index in [1.165, 1.54) is 0 Å². The molecule has 0 aromatic heterocycles. The summed E-state index contributed by atoms with van der Waals surface area (Å²) in [6.45, 7) is 2.89. The smallest absolute Gasteiger partial charge is 0.260 e. The fourth-order valence-corrected chi connectivity index (χ4v) is 1.53. The van der Waals surface area contributed by atoms with Gasteiger partial charge >= 0.3 is 0 Å². The molecule has 4 heteroatoms. The summed E-state index contributed by atoms with van der Waals surface area (Å²) in [5, 5.41) is 9.05. The van der Waals surface area contributed by atoms with Crippen LogP contribution < -0.4 is 4.74 Å². The third-order valence-corrected chi connectivity index (χ3v) is 2.60. The second-order valence-corrected chi connectivity index (χ2v) is 4.05. The van der Waals surface area contributed by atoms with Gasteiger partial charge in [0.05, 0.1) is 6.10 Å². The van der Waals surface area contributed by atoms with Crippen LogP contribution in [-0.4, -0.2) is 41.7 Å². The van der Waals surface area contributed by atoms with Crippen LogP contribution in [-0.2, 0) is 4.79 Å². The molecule has 4 nitrogen and oxygen atoms in total. The standard InChI is InChI=1S/C12H15NO3/c1-9-2-4-11(5-3-9)16-8-12(15)13-6-10(14)7-13/h2-5,10,14H,6-8H2,1H3. The van der Waals surface area contributed by atoms with Gasteiger partial charge in [-0.3, -0.25) is 4.79 Å². The van der Waals surface area contributed by atoms with Crippen LogP contribution in [0.1, 0.15) is 5.56 Å². The fourth-order valence-electron chi connectivity index (χ4n) is 1.53. The minimum atomic E-state index is -0.358. The third kappa shape index (κ3) is 2.52. The first-order chi connectivity index (χ1) is 7.65. The van der Waals surface area contributed by atoms with Gasteiger partial charge in [0.1, 0.15) is 5.75 Å². The maximum atomic E-state index is 11.5. The van der Waals surface area contributed by atoms with Crippen molar-refractivity contribution in [1.82, 2.24) is 4.90 Å². The van der Waals surface area contributed by atoms with E-state index in [4.69, 9.17) is 9.84 Å². The molecule has 1 aromatic rings. The zero-order valence-electron chi connectivity index (χ0n) is 9.22. The topological polar surface area (TPSA) is 49.8 Å². The molecule has 1 fully saturated rings. The van der Waals surface area contributed by atoms with Crippen molar-refractivity contribution in [3.8, 4) is 5.75 Å². The molecule has 0 unspecified atom stereocenters. The maximum absolute atomic E-state index is 11.5. The first-order valence-electron chi connectivity index (χ1n) is 5.30. The van der Waals surface area contributed by atoms with Gasteiger partial charge in [-0.1, -0.05) is 17.7 Å². The highest BCUT2D eigenvalue weighted by molar-refractivity contribution is 5.78. The highest BCUT2D eigenvalue weighted by Gasteiger charge is 2.28. The summed E-state index contributed by atoms with van der Waals surface area (Å²) in [4.78, 5) is 13.1. The number of amides is 1. The van der Waals surface area contributed by atoms with Gasteiger partial charge < -0.3 is 14.7 Å². The number of carbonyl (C=O) groups excluding carboxylic acids is 1. The quantitative estimate of drug-likeness (QED) is 0.812. The van der Waals surface area contributed by atoms with Crippen LogP contribution in [0.5, 0.6) is 5.75 Å². The summed E-state index contributed by atoms with van der Waals surface area (Å²) < 4.78 is 5.34. The van der Waals surface area contributed by atoms with Crippen LogP contribution in [0.2, 0.25) is 0 Å². The number of aryl methyl sites for hydroxylation is 1. The zero-order chi connectivity index (χ0) is 11.5. The lowest BCUT2D eigenvalue weighted by Crippen LogP contribution is -2.54. The second-order valence-electron chi connectivity index (χ2n) is 4.05. The van der Waals surface area contributed by atoms with E-state index < -0.39 is 0 Å². The highest BCUT2D eigenvalue weighted by Crippen LogP contribution is 2.12. The van der Waals surface area contributed by atoms with Crippen molar-refractivity contribution in [2.75, 3.05) is 19.7 Å². The Morgan fingerprint density at radius 3 is 2.62 bits per heavy atom. The summed E-state index contributed by atoms with van der Waals surface area (Å²) in [6.07, 6.45) is -0.358. The fraction of sp³-hybridized carbons (Fsp3) is 0.417. The zero-order valence-corrected chi connectivity index (χ0v) is 9.22. The number of carbonyl (C=O) groups is 1. The van der Waals surface area contributed by atoms with Crippen molar-refractivity contribution in [1.29, 1.82) is 0 Å². The number of β-amino-alcohol motifs (C(OH)–C–C–N with tert-alkyl or cyclic N) is 1. The molecule has 1 aromatic carbocycles. The molecule has 0 spiro atoms. The third-order valence-electron chi connectivity index (χ3n) is 2.60. The van der Waals surface area contributed by atoms with Crippen molar-refractivity contribution in [2.45, 2.75) is 13.0 Å². The van der Waals surface area contributed by atoms with E-state index in [9.17, 15) is 4.79 Å². The van der Waals surface area contributed by atoms with Crippen molar-refractivity contribution >= 4 is 5.91 Å². The number of hydrogen-bond acceptors (Lipinski definition) is 3. The number of benzene rings is 1. The van der Waals surface area contributed by atoms with E-state index in [0.29, 0.717) is 18.8 Å². The number of aliphatic hydroxyl groups excluding tert-OH is 1. The molecule has 0 aliphatic carbocycles. The van der Waals surface area contributed by atoms with Crippen LogP contribution in [0.15, 0.2) is 24.3 Å². The van der Waals surface area contributed by atoms with Gasteiger partial charge in [0.25, 0.3) is 5.91 Å². The van der Waals surface area contributed by atoms with E-state index in [-0.39, 0.29) is 18.6 Å². The summed E-state index contributed by atoms with van der Waals surface area (Å²) in [5.41, 5.74) is 1.16. The Morgan fingerprint density at radius 2 is 2.06 bits per heavy atom. The molecule has 2 rings (SSSR count). The van der Waals surface area contributed by atoms with Crippen LogP contribution in [0, 0.1) is 6.92 Å². The molecule has 1 aliphatic heterocycles. The van der Waals surface area contributed by atoms with Gasteiger partial charge in [0, 0.05) is 13.1 Å². The monoisotopic (exact) mass is 221 g/mol. The summed E-state index contributed by atoms with van der Waals surface area (Å²) in [6, 6.07) is 7.56. The van der Waals surface area contributed by atoms with Crippen molar-refractivity contribution in [3.05, 3.63) is 29.8 Å². The lowest BCUT2D eigenvalue weighted by atomic mass is 10.2. The van der Waals surface area contributed by atoms with Crippen molar-refractivity contribution in [2.24, 2.45) is 0 Å². The van der Waals surface area contributed by atoms with Gasteiger partial charge in [-0.05, 0) is 19.1 Å². The van der Waals surface area contributed by atoms with Gasteiger partial charge in [-0.2, -0.15) is 0 Å². The molecule has 86 valence electrons. The lowest BCUT2D eigenvalue weighted by molar-refractivity contribution is -0.143. The van der Waals surface area contributed by atoms with Crippen LogP contribution >= 0.6 is 0 Å². The average molecular weight is 221 g/mol. The first-order valence-corrected chi connectivity index (χ1v) is 5.30. The highest BCUT2D eigenvalue weighted by atomic mass is 16.5. The molecule has 1 saturated heterocycles. The van der Waals surface area contributed by atoms with Gasteiger partial charge in [-0.15, -0.1) is 0 Å². The summed E-state index contributed by atoms with van der Waals surface area (Å²) in [5.74, 6) is 0.617. The maximum Gasteiger partial charge on any atom is 0.260 e. The Hall–Kier alpha value is -1.55. The molecular formula is C12H15NO3. The Labute approximate surface area is 94.4 Å². The first kappa shape index (κ1) is 11.0. The van der Waals surface area contributed by atoms with Crippen LogP contribution in [0.4, 0.5) is 0 Å². The molecule has 0 radical (unpaired) electrons. The molecular weight excluding hydrogens is 206 g/mol. The van der Waals surface area contributed by atoms with E-state index in [2.05, 4.69) is 0 Å². The average Bonchev–Trinajstić information content (AvgIpc) is 2.24. The Morgan fingerprint density at radius 1 is 1.44 bits per heavy atom. The molecule has 1 aliphatic rings. The van der Waals surface area contributed by atoms with Gasteiger partial charge in [0.2, 0.25) is 0 Å². The van der Waals surface area contributed by atoms with E-state index in [0.717, 1.165) is 5.56 Å². The summed E-state index contributed by atoms with van der Waals surface area (Å²) in [7, 11) is 0. The number of nitrogens with zero attached hydrogens (tertiary/aromatic N) is 1. The van der Waals surface area contributed by atoms with E-state index >= 15 is 0 Å². The molecule has 1 amide bonds. The normalized spacial score (nSPS) is 15.8.